The van der Waals surface area contributed by atoms with Gasteiger partial charge in [0.1, 0.15) is 0 Å². The Labute approximate surface area is 166 Å². The molecule has 1 amide bonds. The van der Waals surface area contributed by atoms with Crippen molar-refractivity contribution in [3.05, 3.63) is 78.3 Å². The number of hydrogen-bond donors (Lipinski definition) is 0. The molecule has 5 nitrogen and oxygen atoms in total. The highest BCUT2D eigenvalue weighted by Gasteiger charge is 2.16. The second-order valence-electron chi connectivity index (χ2n) is 7.09. The first kappa shape index (κ1) is 19.8. The van der Waals surface area contributed by atoms with Gasteiger partial charge in [-0.3, -0.25) is 4.79 Å². The van der Waals surface area contributed by atoms with Crippen LogP contribution in [-0.4, -0.2) is 47.9 Å². The Hall–Kier alpha value is -2.92. The van der Waals surface area contributed by atoms with Crippen molar-refractivity contribution in [1.29, 1.82) is 0 Å². The molecular formula is C23H27N3O2. The standard InChI is InChI=1S/C23H27N3O2/c1-25(2)15-16-26(18-19-9-5-3-6-10-19)23(27)14-13-22-24-17-21(28-22)20-11-7-4-8-12-20/h3-12,17H,13-16,18H2,1-2H3. The molecule has 0 unspecified atom stereocenters. The van der Waals surface area contributed by atoms with E-state index in [0.29, 0.717) is 31.8 Å². The van der Waals surface area contributed by atoms with Gasteiger partial charge in [-0.15, -0.1) is 0 Å². The molecule has 0 saturated carbocycles. The van der Waals surface area contributed by atoms with Crippen LogP contribution in [0.15, 0.2) is 71.3 Å². The zero-order chi connectivity index (χ0) is 19.8. The highest BCUT2D eigenvalue weighted by Crippen LogP contribution is 2.20. The van der Waals surface area contributed by atoms with Crippen molar-refractivity contribution >= 4 is 5.91 Å². The van der Waals surface area contributed by atoms with E-state index in [2.05, 4.69) is 22.0 Å². The summed E-state index contributed by atoms with van der Waals surface area (Å²) in [5.41, 5.74) is 2.13. The van der Waals surface area contributed by atoms with Crippen LogP contribution in [-0.2, 0) is 17.8 Å². The van der Waals surface area contributed by atoms with Crippen LogP contribution in [0.3, 0.4) is 0 Å². The number of rotatable bonds is 9. The molecule has 0 fully saturated rings. The number of hydrogen-bond acceptors (Lipinski definition) is 4. The van der Waals surface area contributed by atoms with Gasteiger partial charge in [-0.1, -0.05) is 60.7 Å². The number of amides is 1. The minimum atomic E-state index is 0.116. The Morgan fingerprint density at radius 1 is 0.964 bits per heavy atom. The van der Waals surface area contributed by atoms with Crippen molar-refractivity contribution in [2.75, 3.05) is 27.2 Å². The second kappa shape index (κ2) is 9.85. The molecule has 2 aromatic carbocycles. The van der Waals surface area contributed by atoms with E-state index in [4.69, 9.17) is 4.42 Å². The molecule has 0 radical (unpaired) electrons. The number of carbonyl (C=O) groups excluding carboxylic acids is 1. The van der Waals surface area contributed by atoms with Gasteiger partial charge in [-0.2, -0.15) is 0 Å². The molecule has 0 saturated heterocycles. The third-order valence-corrected chi connectivity index (χ3v) is 4.55. The van der Waals surface area contributed by atoms with Crippen molar-refractivity contribution < 1.29 is 9.21 Å². The first-order valence-corrected chi connectivity index (χ1v) is 9.58. The van der Waals surface area contributed by atoms with Crippen LogP contribution >= 0.6 is 0 Å². The molecular weight excluding hydrogens is 350 g/mol. The molecule has 0 aliphatic heterocycles. The third kappa shape index (κ3) is 5.79. The summed E-state index contributed by atoms with van der Waals surface area (Å²) in [6, 6.07) is 20.0. The Morgan fingerprint density at radius 3 is 2.32 bits per heavy atom. The van der Waals surface area contributed by atoms with Crippen LogP contribution in [0.25, 0.3) is 11.3 Å². The van der Waals surface area contributed by atoms with Gasteiger partial charge >= 0.3 is 0 Å². The fourth-order valence-electron chi connectivity index (χ4n) is 2.95. The van der Waals surface area contributed by atoms with Gasteiger partial charge < -0.3 is 14.2 Å². The Kier molecular flexibility index (Phi) is 6.98. The number of likely N-dealkylation sites (N-methyl/N-ethyl adjacent to an activating group) is 1. The Bertz CT molecular complexity index is 860. The first-order valence-electron chi connectivity index (χ1n) is 9.58. The van der Waals surface area contributed by atoms with E-state index in [1.165, 1.54) is 0 Å². The van der Waals surface area contributed by atoms with Crippen LogP contribution < -0.4 is 0 Å². The van der Waals surface area contributed by atoms with Gasteiger partial charge in [0, 0.05) is 38.0 Å². The van der Waals surface area contributed by atoms with Crippen LogP contribution in [0.1, 0.15) is 17.9 Å². The predicted octanol–water partition coefficient (Wildman–Crippen LogP) is 3.86. The molecule has 0 bridgehead atoms. The van der Waals surface area contributed by atoms with Gasteiger partial charge in [0.05, 0.1) is 6.20 Å². The fraction of sp³-hybridized carbons (Fsp3) is 0.304. The lowest BCUT2D eigenvalue weighted by Crippen LogP contribution is -2.36. The van der Waals surface area contributed by atoms with Gasteiger partial charge in [0.25, 0.3) is 0 Å². The maximum absolute atomic E-state index is 12.8. The lowest BCUT2D eigenvalue weighted by molar-refractivity contribution is -0.132. The summed E-state index contributed by atoms with van der Waals surface area (Å²) in [6.07, 6.45) is 2.61. The van der Waals surface area contributed by atoms with Crippen molar-refractivity contribution in [3.63, 3.8) is 0 Å². The van der Waals surface area contributed by atoms with Gasteiger partial charge in [0.15, 0.2) is 11.7 Å². The quantitative estimate of drug-likeness (QED) is 0.568. The molecule has 3 rings (SSSR count). The maximum atomic E-state index is 12.8. The Balaban J connectivity index is 1.60. The average molecular weight is 377 g/mol. The van der Waals surface area contributed by atoms with E-state index in [-0.39, 0.29) is 5.91 Å². The highest BCUT2D eigenvalue weighted by atomic mass is 16.4. The first-order chi connectivity index (χ1) is 13.6. The number of oxazole rings is 1. The monoisotopic (exact) mass is 377 g/mol. The normalized spacial score (nSPS) is 11.0. The lowest BCUT2D eigenvalue weighted by atomic mass is 10.2. The molecule has 146 valence electrons. The molecule has 5 heteroatoms. The number of nitrogens with zero attached hydrogens (tertiary/aromatic N) is 3. The zero-order valence-electron chi connectivity index (χ0n) is 16.5. The molecule has 28 heavy (non-hydrogen) atoms. The minimum Gasteiger partial charge on any atom is -0.441 e. The van der Waals surface area contributed by atoms with Gasteiger partial charge in [-0.05, 0) is 19.7 Å². The molecule has 0 spiro atoms. The summed E-state index contributed by atoms with van der Waals surface area (Å²) < 4.78 is 5.83. The van der Waals surface area contributed by atoms with Crippen LogP contribution in [0, 0.1) is 0 Å². The second-order valence-corrected chi connectivity index (χ2v) is 7.09. The van der Waals surface area contributed by atoms with Crippen molar-refractivity contribution in [2.45, 2.75) is 19.4 Å². The molecule has 0 aliphatic carbocycles. The summed E-state index contributed by atoms with van der Waals surface area (Å²) in [5.74, 6) is 1.45. The zero-order valence-corrected chi connectivity index (χ0v) is 16.5. The van der Waals surface area contributed by atoms with Crippen molar-refractivity contribution in [3.8, 4) is 11.3 Å². The summed E-state index contributed by atoms with van der Waals surface area (Å²) in [5, 5.41) is 0. The van der Waals surface area contributed by atoms with Gasteiger partial charge in [0.2, 0.25) is 5.91 Å². The van der Waals surface area contributed by atoms with Crippen LogP contribution in [0.2, 0.25) is 0 Å². The van der Waals surface area contributed by atoms with Crippen molar-refractivity contribution in [1.82, 2.24) is 14.8 Å². The molecule has 3 aromatic rings. The predicted molar refractivity (Wildman–Crippen MR) is 111 cm³/mol. The van der Waals surface area contributed by atoms with E-state index in [1.54, 1.807) is 6.20 Å². The van der Waals surface area contributed by atoms with Gasteiger partial charge in [-0.25, -0.2) is 4.98 Å². The lowest BCUT2D eigenvalue weighted by Gasteiger charge is -2.24. The summed E-state index contributed by atoms with van der Waals surface area (Å²) in [7, 11) is 4.03. The van der Waals surface area contributed by atoms with E-state index in [9.17, 15) is 4.79 Å². The van der Waals surface area contributed by atoms with E-state index < -0.39 is 0 Å². The molecule has 1 heterocycles. The fourth-order valence-corrected chi connectivity index (χ4v) is 2.95. The largest absolute Gasteiger partial charge is 0.441 e. The van der Waals surface area contributed by atoms with Crippen molar-refractivity contribution in [2.24, 2.45) is 0 Å². The SMILES string of the molecule is CN(C)CCN(Cc1ccccc1)C(=O)CCc1ncc(-c2ccccc2)o1. The molecule has 1 aromatic heterocycles. The number of carbonyl (C=O) groups is 1. The molecule has 0 aliphatic rings. The summed E-state index contributed by atoms with van der Waals surface area (Å²) >= 11 is 0. The number of benzene rings is 2. The summed E-state index contributed by atoms with van der Waals surface area (Å²) in [6.45, 7) is 2.14. The van der Waals surface area contributed by atoms with E-state index >= 15 is 0 Å². The van der Waals surface area contributed by atoms with E-state index in [1.807, 2.05) is 67.5 Å². The molecule has 0 atom stereocenters. The van der Waals surface area contributed by atoms with Crippen LogP contribution in [0.4, 0.5) is 0 Å². The number of aromatic nitrogens is 1. The highest BCUT2D eigenvalue weighted by molar-refractivity contribution is 5.76. The molecule has 0 N–H and O–H groups in total. The average Bonchev–Trinajstić information content (AvgIpc) is 3.20. The smallest absolute Gasteiger partial charge is 0.223 e. The summed E-state index contributed by atoms with van der Waals surface area (Å²) in [4.78, 5) is 21.2. The topological polar surface area (TPSA) is 49.6 Å². The third-order valence-electron chi connectivity index (χ3n) is 4.55. The maximum Gasteiger partial charge on any atom is 0.223 e. The van der Waals surface area contributed by atoms with E-state index in [0.717, 1.165) is 23.4 Å². The number of aryl methyl sites for hydroxylation is 1. The minimum absolute atomic E-state index is 0.116. The Morgan fingerprint density at radius 2 is 1.64 bits per heavy atom. The van der Waals surface area contributed by atoms with Crippen LogP contribution in [0.5, 0.6) is 0 Å².